The summed E-state index contributed by atoms with van der Waals surface area (Å²) < 4.78 is 0. The summed E-state index contributed by atoms with van der Waals surface area (Å²) in [6.45, 7) is 0. The van der Waals surface area contributed by atoms with Gasteiger partial charge in [-0.3, -0.25) is 30.3 Å². The Hall–Kier alpha value is -3.62. The molecule has 0 aromatic heterocycles. The number of benzene rings is 3. The van der Waals surface area contributed by atoms with Crippen molar-refractivity contribution in [3.63, 3.8) is 0 Å². The van der Waals surface area contributed by atoms with Gasteiger partial charge in [0.15, 0.2) is 0 Å². The van der Waals surface area contributed by atoms with E-state index in [4.69, 9.17) is 0 Å². The Morgan fingerprint density at radius 3 is 1.70 bits per heavy atom. The first-order valence-electron chi connectivity index (χ1n) is 6.33. The maximum Gasteiger partial charge on any atom is 0.278 e. The number of nitro benzene ring substituents is 3. The fraction of sp³-hybridized carbons (Fsp3) is 0. The van der Waals surface area contributed by atoms with Crippen molar-refractivity contribution in [2.75, 3.05) is 0 Å². The molecule has 0 heterocycles. The summed E-state index contributed by atoms with van der Waals surface area (Å²) in [5.41, 5.74) is -1.09. The lowest BCUT2D eigenvalue weighted by atomic mass is 9.98. The van der Waals surface area contributed by atoms with Gasteiger partial charge in [-0.1, -0.05) is 18.2 Å². The van der Waals surface area contributed by atoms with Crippen LogP contribution in [0.15, 0.2) is 42.5 Å². The molecule has 0 amide bonds. The first-order chi connectivity index (χ1) is 10.9. The van der Waals surface area contributed by atoms with Crippen molar-refractivity contribution < 1.29 is 14.8 Å². The summed E-state index contributed by atoms with van der Waals surface area (Å²) in [5, 5.41) is 34.0. The second-order valence-corrected chi connectivity index (χ2v) is 4.74. The van der Waals surface area contributed by atoms with Gasteiger partial charge in [0.25, 0.3) is 17.1 Å². The second kappa shape index (κ2) is 4.98. The van der Waals surface area contributed by atoms with Crippen LogP contribution in [0.3, 0.4) is 0 Å². The van der Waals surface area contributed by atoms with Crippen molar-refractivity contribution in [1.82, 2.24) is 0 Å². The molecule has 0 saturated heterocycles. The van der Waals surface area contributed by atoms with Crippen molar-refractivity contribution in [2.24, 2.45) is 0 Å². The SMILES string of the molecule is O=[N+]([O-])c1cccc2c1cc([N+](=O)[O-])c1cccc([N+](=O)[O-])c12. The van der Waals surface area contributed by atoms with E-state index in [0.29, 0.717) is 0 Å². The van der Waals surface area contributed by atoms with Crippen molar-refractivity contribution in [3.05, 3.63) is 72.8 Å². The molecule has 0 aliphatic rings. The molecule has 0 spiro atoms. The van der Waals surface area contributed by atoms with Crippen molar-refractivity contribution >= 4 is 38.6 Å². The van der Waals surface area contributed by atoms with E-state index in [-0.39, 0.29) is 32.9 Å². The van der Waals surface area contributed by atoms with Gasteiger partial charge in [0, 0.05) is 23.6 Å². The Labute approximate surface area is 127 Å². The number of hydrogen-bond acceptors (Lipinski definition) is 6. The summed E-state index contributed by atoms with van der Waals surface area (Å²) >= 11 is 0. The van der Waals surface area contributed by atoms with Crippen molar-refractivity contribution in [1.29, 1.82) is 0 Å². The van der Waals surface area contributed by atoms with Crippen LogP contribution in [-0.2, 0) is 0 Å². The fourth-order valence-corrected chi connectivity index (χ4v) is 2.64. The molecule has 9 nitrogen and oxygen atoms in total. The third-order valence-electron chi connectivity index (χ3n) is 3.54. The van der Waals surface area contributed by atoms with Gasteiger partial charge < -0.3 is 0 Å². The Bertz CT molecular complexity index is 1010. The van der Waals surface area contributed by atoms with Crippen LogP contribution in [-0.4, -0.2) is 14.8 Å². The quantitative estimate of drug-likeness (QED) is 0.411. The maximum absolute atomic E-state index is 11.3. The maximum atomic E-state index is 11.3. The molecule has 0 atom stereocenters. The lowest BCUT2D eigenvalue weighted by Gasteiger charge is -2.06. The molecule has 0 fully saturated rings. The summed E-state index contributed by atoms with van der Waals surface area (Å²) in [4.78, 5) is 31.7. The molecule has 0 aliphatic carbocycles. The third kappa shape index (κ3) is 2.11. The van der Waals surface area contributed by atoms with Crippen LogP contribution in [0.4, 0.5) is 17.1 Å². The minimum Gasteiger partial charge on any atom is -0.258 e. The molecule has 3 rings (SSSR count). The molecular formula is C14H7N3O6. The number of nitrogens with zero attached hydrogens (tertiary/aromatic N) is 3. The van der Waals surface area contributed by atoms with E-state index in [9.17, 15) is 30.3 Å². The summed E-state index contributed by atoms with van der Waals surface area (Å²) in [6.07, 6.45) is 0. The van der Waals surface area contributed by atoms with E-state index in [1.54, 1.807) is 0 Å². The first kappa shape index (κ1) is 14.3. The highest BCUT2D eigenvalue weighted by molar-refractivity contribution is 6.17. The van der Waals surface area contributed by atoms with Gasteiger partial charge in [-0.2, -0.15) is 0 Å². The molecule has 3 aromatic rings. The van der Waals surface area contributed by atoms with Gasteiger partial charge in [-0.05, 0) is 6.07 Å². The zero-order valence-corrected chi connectivity index (χ0v) is 11.3. The minimum atomic E-state index is -0.706. The highest BCUT2D eigenvalue weighted by Crippen LogP contribution is 2.40. The van der Waals surface area contributed by atoms with Crippen molar-refractivity contribution in [2.45, 2.75) is 0 Å². The zero-order valence-electron chi connectivity index (χ0n) is 11.3. The van der Waals surface area contributed by atoms with E-state index >= 15 is 0 Å². The number of non-ortho nitro benzene ring substituents is 3. The van der Waals surface area contributed by atoms with Crippen LogP contribution in [0.5, 0.6) is 0 Å². The predicted octanol–water partition coefficient (Wildman–Crippen LogP) is 3.72. The second-order valence-electron chi connectivity index (χ2n) is 4.74. The fourth-order valence-electron chi connectivity index (χ4n) is 2.64. The van der Waals surface area contributed by atoms with Gasteiger partial charge in [0.05, 0.1) is 30.9 Å². The van der Waals surface area contributed by atoms with Crippen LogP contribution in [0, 0.1) is 30.3 Å². The summed E-state index contributed by atoms with van der Waals surface area (Å²) in [5.74, 6) is 0. The van der Waals surface area contributed by atoms with Crippen LogP contribution in [0.25, 0.3) is 21.5 Å². The lowest BCUT2D eigenvalue weighted by Crippen LogP contribution is -1.96. The normalized spacial score (nSPS) is 10.8. The zero-order chi connectivity index (χ0) is 16.7. The number of rotatable bonds is 3. The van der Waals surface area contributed by atoms with Gasteiger partial charge in [0.2, 0.25) is 0 Å². The summed E-state index contributed by atoms with van der Waals surface area (Å²) in [6, 6.07) is 9.09. The number of hydrogen-bond donors (Lipinski definition) is 0. The summed E-state index contributed by atoms with van der Waals surface area (Å²) in [7, 11) is 0. The van der Waals surface area contributed by atoms with E-state index in [1.165, 1.54) is 36.4 Å². The van der Waals surface area contributed by atoms with Gasteiger partial charge >= 0.3 is 0 Å². The first-order valence-corrected chi connectivity index (χ1v) is 6.33. The molecule has 9 heteroatoms. The average molecular weight is 313 g/mol. The molecule has 0 aliphatic heterocycles. The molecular weight excluding hydrogens is 306 g/mol. The minimum absolute atomic E-state index is 0.00833. The average Bonchev–Trinajstić information content (AvgIpc) is 2.52. The van der Waals surface area contributed by atoms with Crippen LogP contribution in [0.1, 0.15) is 0 Å². The standard InChI is InChI=1S/C14H7N3O6/c18-15(19)11-5-1-3-8-10(11)7-13(17(22)23)9-4-2-6-12(14(8)9)16(20)21/h1-7H. The Balaban J connectivity index is 2.66. The smallest absolute Gasteiger partial charge is 0.258 e. The van der Waals surface area contributed by atoms with E-state index in [1.807, 2.05) is 0 Å². The van der Waals surface area contributed by atoms with Crippen LogP contribution in [0.2, 0.25) is 0 Å². The van der Waals surface area contributed by atoms with Gasteiger partial charge in [-0.15, -0.1) is 0 Å². The lowest BCUT2D eigenvalue weighted by molar-refractivity contribution is -0.385. The predicted molar refractivity (Wildman–Crippen MR) is 81.4 cm³/mol. The Morgan fingerprint density at radius 1 is 0.609 bits per heavy atom. The Kier molecular flexibility index (Phi) is 3.10. The topological polar surface area (TPSA) is 129 Å². The van der Waals surface area contributed by atoms with Gasteiger partial charge in [0.1, 0.15) is 0 Å². The van der Waals surface area contributed by atoms with Crippen LogP contribution >= 0.6 is 0 Å². The Morgan fingerprint density at radius 2 is 1.13 bits per heavy atom. The molecule has 23 heavy (non-hydrogen) atoms. The highest BCUT2D eigenvalue weighted by atomic mass is 16.6. The highest BCUT2D eigenvalue weighted by Gasteiger charge is 2.25. The molecule has 114 valence electrons. The van der Waals surface area contributed by atoms with E-state index in [0.717, 1.165) is 6.07 Å². The molecule has 0 bridgehead atoms. The number of fused-ring (bicyclic) bond motifs is 3. The molecule has 0 N–H and O–H groups in total. The molecule has 0 saturated carbocycles. The van der Waals surface area contributed by atoms with Crippen molar-refractivity contribution in [3.8, 4) is 0 Å². The van der Waals surface area contributed by atoms with Crippen LogP contribution < -0.4 is 0 Å². The third-order valence-corrected chi connectivity index (χ3v) is 3.54. The molecule has 3 aromatic carbocycles. The van der Waals surface area contributed by atoms with E-state index < -0.39 is 20.5 Å². The van der Waals surface area contributed by atoms with E-state index in [2.05, 4.69) is 0 Å². The molecule has 0 unspecified atom stereocenters. The monoisotopic (exact) mass is 313 g/mol. The molecule has 0 radical (unpaired) electrons. The largest absolute Gasteiger partial charge is 0.278 e. The van der Waals surface area contributed by atoms with Gasteiger partial charge in [-0.25, -0.2) is 0 Å². The number of nitro groups is 3.